The zero-order valence-electron chi connectivity index (χ0n) is 11.5. The average Bonchev–Trinajstić information content (AvgIpc) is 2.40. The van der Waals surface area contributed by atoms with Crippen LogP contribution in [0, 0.1) is 0 Å². The molecule has 1 fully saturated rings. The summed E-state index contributed by atoms with van der Waals surface area (Å²) < 4.78 is 43.6. The lowest BCUT2D eigenvalue weighted by atomic mass is 10.1. The Hall–Kier alpha value is -1.02. The fraction of sp³-hybridized carbons (Fsp3) is 0.462. The van der Waals surface area contributed by atoms with E-state index in [1.54, 1.807) is 6.92 Å². The van der Waals surface area contributed by atoms with Gasteiger partial charge >= 0.3 is 6.18 Å². The van der Waals surface area contributed by atoms with Crippen LogP contribution in [0.4, 0.5) is 18.9 Å². The van der Waals surface area contributed by atoms with Crippen LogP contribution in [0.25, 0.3) is 0 Å². The molecule has 1 saturated heterocycles. The molecule has 9 heteroatoms. The highest BCUT2D eigenvalue weighted by atomic mass is 35.5. The molecule has 0 radical (unpaired) electrons. The Morgan fingerprint density at radius 1 is 1.45 bits per heavy atom. The van der Waals surface area contributed by atoms with Gasteiger partial charge in [0.1, 0.15) is 6.04 Å². The summed E-state index contributed by atoms with van der Waals surface area (Å²) in [6.45, 7) is 2.72. The second kappa shape index (κ2) is 7.50. The van der Waals surface area contributed by atoms with Gasteiger partial charge in [-0.2, -0.15) is 13.2 Å². The number of nitrogens with one attached hydrogen (secondary N) is 2. The second-order valence-corrected chi connectivity index (χ2v) is 5.10. The number of ether oxygens (including phenoxy) is 1. The van der Waals surface area contributed by atoms with E-state index < -0.39 is 28.7 Å². The number of carbonyl (C=O) groups excluding carboxylic acids is 1. The molecule has 2 rings (SSSR count). The number of morpholine rings is 1. The number of benzene rings is 1. The molecule has 22 heavy (non-hydrogen) atoms. The maximum Gasteiger partial charge on any atom is 0.417 e. The first-order valence-electron chi connectivity index (χ1n) is 6.31. The fourth-order valence-corrected chi connectivity index (χ4v) is 2.29. The van der Waals surface area contributed by atoms with Crippen molar-refractivity contribution in [2.24, 2.45) is 0 Å². The lowest BCUT2D eigenvalue weighted by molar-refractivity contribution is -0.137. The van der Waals surface area contributed by atoms with Crippen molar-refractivity contribution in [3.05, 3.63) is 28.8 Å². The van der Waals surface area contributed by atoms with E-state index in [-0.39, 0.29) is 24.2 Å². The maximum atomic E-state index is 12.8. The van der Waals surface area contributed by atoms with Gasteiger partial charge < -0.3 is 15.4 Å². The minimum Gasteiger partial charge on any atom is -0.375 e. The van der Waals surface area contributed by atoms with Crippen LogP contribution in [0.15, 0.2) is 18.2 Å². The Labute approximate surface area is 136 Å². The molecule has 2 atom stereocenters. The molecule has 124 valence electrons. The van der Waals surface area contributed by atoms with Crippen LogP contribution in [0.1, 0.15) is 12.5 Å². The number of amides is 1. The zero-order chi connectivity index (χ0) is 15.6. The summed E-state index contributed by atoms with van der Waals surface area (Å²) in [5, 5.41) is 4.99. The Kier molecular flexibility index (Phi) is 6.49. The van der Waals surface area contributed by atoms with Crippen molar-refractivity contribution in [1.29, 1.82) is 0 Å². The Balaban J connectivity index is 0.00000242. The van der Waals surface area contributed by atoms with Crippen LogP contribution in [0.5, 0.6) is 0 Å². The summed E-state index contributed by atoms with van der Waals surface area (Å²) >= 11 is 5.52. The van der Waals surface area contributed by atoms with Crippen molar-refractivity contribution in [1.82, 2.24) is 5.32 Å². The van der Waals surface area contributed by atoms with Gasteiger partial charge in [-0.3, -0.25) is 4.79 Å². The van der Waals surface area contributed by atoms with Crippen molar-refractivity contribution in [3.8, 4) is 0 Å². The van der Waals surface area contributed by atoms with Crippen molar-refractivity contribution in [2.45, 2.75) is 25.2 Å². The molecule has 0 saturated carbocycles. The minimum absolute atomic E-state index is 0. The summed E-state index contributed by atoms with van der Waals surface area (Å²) in [7, 11) is 0. The average molecular weight is 359 g/mol. The highest BCUT2D eigenvalue weighted by Gasteiger charge is 2.34. The number of anilines is 1. The number of rotatable bonds is 2. The molecule has 0 spiro atoms. The van der Waals surface area contributed by atoms with Crippen LogP contribution in [0.3, 0.4) is 0 Å². The van der Waals surface area contributed by atoms with Gasteiger partial charge in [0.25, 0.3) is 0 Å². The van der Waals surface area contributed by atoms with E-state index in [4.69, 9.17) is 16.3 Å². The van der Waals surface area contributed by atoms with Crippen LogP contribution in [-0.4, -0.2) is 31.2 Å². The third-order valence-electron chi connectivity index (χ3n) is 3.14. The summed E-state index contributed by atoms with van der Waals surface area (Å²) in [6.07, 6.45) is -4.93. The first kappa shape index (κ1) is 19.0. The smallest absolute Gasteiger partial charge is 0.375 e. The SMILES string of the molecule is C[C@H]1OCCN[C@@H]1C(=O)Nc1ccc(Cl)c(C(F)(F)F)c1.Cl. The number of alkyl halides is 3. The summed E-state index contributed by atoms with van der Waals surface area (Å²) in [4.78, 5) is 12.1. The van der Waals surface area contributed by atoms with Gasteiger partial charge in [-0.25, -0.2) is 0 Å². The molecule has 0 aliphatic carbocycles. The van der Waals surface area contributed by atoms with E-state index >= 15 is 0 Å². The van der Waals surface area contributed by atoms with Crippen LogP contribution in [-0.2, 0) is 15.7 Å². The Morgan fingerprint density at radius 3 is 2.73 bits per heavy atom. The predicted octanol–water partition coefficient (Wildman–Crippen LogP) is 3.10. The third-order valence-corrected chi connectivity index (χ3v) is 3.47. The molecule has 0 aromatic heterocycles. The highest BCUT2D eigenvalue weighted by Crippen LogP contribution is 2.36. The van der Waals surface area contributed by atoms with E-state index in [0.717, 1.165) is 12.1 Å². The largest absolute Gasteiger partial charge is 0.417 e. The van der Waals surface area contributed by atoms with Crippen LogP contribution in [0.2, 0.25) is 5.02 Å². The summed E-state index contributed by atoms with van der Waals surface area (Å²) in [5.41, 5.74) is -0.945. The van der Waals surface area contributed by atoms with E-state index in [1.165, 1.54) is 6.07 Å². The zero-order valence-corrected chi connectivity index (χ0v) is 13.1. The van der Waals surface area contributed by atoms with Gasteiger partial charge in [-0.15, -0.1) is 12.4 Å². The first-order valence-corrected chi connectivity index (χ1v) is 6.69. The second-order valence-electron chi connectivity index (χ2n) is 4.69. The molecule has 1 aromatic rings. The molecule has 1 aromatic carbocycles. The first-order chi connectivity index (χ1) is 9.79. The van der Waals surface area contributed by atoms with E-state index in [0.29, 0.717) is 13.2 Å². The lowest BCUT2D eigenvalue weighted by Crippen LogP contribution is -2.53. The summed E-state index contributed by atoms with van der Waals surface area (Å²) in [5.74, 6) is -0.447. The van der Waals surface area contributed by atoms with E-state index in [2.05, 4.69) is 10.6 Å². The number of halogens is 5. The van der Waals surface area contributed by atoms with Gasteiger partial charge in [0, 0.05) is 12.2 Å². The molecular formula is C13H15Cl2F3N2O2. The lowest BCUT2D eigenvalue weighted by Gasteiger charge is -2.29. The molecule has 4 nitrogen and oxygen atoms in total. The molecule has 1 heterocycles. The minimum atomic E-state index is -4.57. The quantitative estimate of drug-likeness (QED) is 0.853. The third kappa shape index (κ3) is 4.49. The van der Waals surface area contributed by atoms with Crippen molar-refractivity contribution < 1.29 is 22.7 Å². The van der Waals surface area contributed by atoms with Crippen LogP contribution >= 0.6 is 24.0 Å². The van der Waals surface area contributed by atoms with Gasteiger partial charge in [-0.05, 0) is 25.1 Å². The molecular weight excluding hydrogens is 344 g/mol. The van der Waals surface area contributed by atoms with Gasteiger partial charge in [-0.1, -0.05) is 11.6 Å². The molecule has 1 aliphatic rings. The monoisotopic (exact) mass is 358 g/mol. The highest BCUT2D eigenvalue weighted by molar-refractivity contribution is 6.31. The van der Waals surface area contributed by atoms with Crippen LogP contribution < -0.4 is 10.6 Å². The number of hydrogen-bond acceptors (Lipinski definition) is 3. The number of hydrogen-bond donors (Lipinski definition) is 2. The topological polar surface area (TPSA) is 50.4 Å². The normalized spacial score (nSPS) is 21.9. The molecule has 1 amide bonds. The molecule has 0 unspecified atom stereocenters. The molecule has 2 N–H and O–H groups in total. The predicted molar refractivity (Wildman–Crippen MR) is 79.5 cm³/mol. The van der Waals surface area contributed by atoms with Crippen molar-refractivity contribution >= 4 is 35.6 Å². The fourth-order valence-electron chi connectivity index (χ4n) is 2.07. The Bertz CT molecular complexity index is 541. The van der Waals surface area contributed by atoms with Gasteiger partial charge in [0.15, 0.2) is 0 Å². The molecule has 1 aliphatic heterocycles. The van der Waals surface area contributed by atoms with Crippen molar-refractivity contribution in [3.63, 3.8) is 0 Å². The Morgan fingerprint density at radius 2 is 2.14 bits per heavy atom. The van der Waals surface area contributed by atoms with Crippen molar-refractivity contribution in [2.75, 3.05) is 18.5 Å². The van der Waals surface area contributed by atoms with E-state index in [1.807, 2.05) is 0 Å². The van der Waals surface area contributed by atoms with E-state index in [9.17, 15) is 18.0 Å². The maximum absolute atomic E-state index is 12.8. The summed E-state index contributed by atoms with van der Waals surface area (Å²) in [6, 6.07) is 2.64. The standard InChI is InChI=1S/C13H14ClF3N2O2.ClH/c1-7-11(18-4-5-21-7)12(20)19-8-2-3-10(14)9(6-8)13(15,16)17;/h2-3,6-7,11,18H,4-5H2,1H3,(H,19,20);1H/t7-,11+;/m1./s1. The van der Waals surface area contributed by atoms with Gasteiger partial charge in [0.05, 0.1) is 23.3 Å². The molecule has 0 bridgehead atoms. The van der Waals surface area contributed by atoms with Gasteiger partial charge in [0.2, 0.25) is 5.91 Å². The number of carbonyl (C=O) groups is 1.